The number of halogens is 3. The van der Waals surface area contributed by atoms with Crippen molar-refractivity contribution >= 4 is 10.9 Å². The van der Waals surface area contributed by atoms with E-state index in [4.69, 9.17) is 0 Å². The Balaban J connectivity index is 1.54. The van der Waals surface area contributed by atoms with E-state index in [9.17, 15) is 13.2 Å². The van der Waals surface area contributed by atoms with Crippen LogP contribution in [0.3, 0.4) is 0 Å². The van der Waals surface area contributed by atoms with Gasteiger partial charge in [-0.25, -0.2) is 0 Å². The molecule has 2 aromatic heterocycles. The van der Waals surface area contributed by atoms with Crippen molar-refractivity contribution in [3.05, 3.63) is 66.1 Å². The van der Waals surface area contributed by atoms with Gasteiger partial charge < -0.3 is 9.88 Å². The molecule has 0 spiro atoms. The third-order valence-corrected chi connectivity index (χ3v) is 4.29. The van der Waals surface area contributed by atoms with Gasteiger partial charge >= 0.3 is 6.18 Å². The van der Waals surface area contributed by atoms with E-state index in [1.165, 1.54) is 12.1 Å². The number of nitrogens with one attached hydrogen (secondary N) is 1. The molecule has 0 bridgehead atoms. The zero-order chi connectivity index (χ0) is 17.9. The van der Waals surface area contributed by atoms with Crippen molar-refractivity contribution in [2.24, 2.45) is 0 Å². The molecule has 0 aliphatic heterocycles. The lowest BCUT2D eigenvalue weighted by Crippen LogP contribution is -2.26. The minimum absolute atomic E-state index is 0.184. The lowest BCUT2D eigenvalue weighted by molar-refractivity contribution is -0.137. The minimum atomic E-state index is -4.30. The van der Waals surface area contributed by atoms with E-state index in [2.05, 4.69) is 20.9 Å². The zero-order valence-electron chi connectivity index (χ0n) is 13.9. The highest BCUT2D eigenvalue weighted by molar-refractivity contribution is 5.78. The summed E-state index contributed by atoms with van der Waals surface area (Å²) in [6.07, 6.45) is 2.22. The van der Waals surface area contributed by atoms with E-state index in [-0.39, 0.29) is 6.04 Å². The van der Waals surface area contributed by atoms with Gasteiger partial charge in [-0.15, -0.1) is 0 Å². The van der Waals surface area contributed by atoms with E-state index in [1.807, 2.05) is 25.4 Å². The molecule has 3 aromatic rings. The van der Waals surface area contributed by atoms with Crippen LogP contribution in [-0.4, -0.2) is 15.6 Å². The fraction of sp³-hybridized carbons (Fsp3) is 0.316. The van der Waals surface area contributed by atoms with Crippen molar-refractivity contribution in [2.75, 3.05) is 0 Å². The number of rotatable bonds is 6. The molecule has 25 heavy (non-hydrogen) atoms. The molecule has 132 valence electrons. The third-order valence-electron chi connectivity index (χ3n) is 4.29. The molecule has 0 saturated heterocycles. The molecule has 6 heteroatoms. The molecule has 1 aromatic carbocycles. The van der Waals surface area contributed by atoms with Crippen LogP contribution in [0.15, 0.2) is 55.0 Å². The van der Waals surface area contributed by atoms with E-state index in [0.717, 1.165) is 29.9 Å². The molecular formula is C19H20F3N3. The first kappa shape index (κ1) is 17.5. The quantitative estimate of drug-likeness (QED) is 0.705. The van der Waals surface area contributed by atoms with Crippen molar-refractivity contribution in [1.29, 1.82) is 0 Å². The van der Waals surface area contributed by atoms with E-state index >= 15 is 0 Å². The summed E-state index contributed by atoms with van der Waals surface area (Å²) in [4.78, 5) is 4.15. The Morgan fingerprint density at radius 3 is 2.84 bits per heavy atom. The summed E-state index contributed by atoms with van der Waals surface area (Å²) in [5.41, 5.74) is 1.12. The van der Waals surface area contributed by atoms with Gasteiger partial charge in [0.05, 0.1) is 17.3 Å². The average Bonchev–Trinajstić information content (AvgIpc) is 3.01. The second-order valence-electron chi connectivity index (χ2n) is 6.21. The van der Waals surface area contributed by atoms with Gasteiger partial charge in [0.25, 0.3) is 0 Å². The van der Waals surface area contributed by atoms with E-state index < -0.39 is 11.7 Å². The number of aromatic nitrogens is 2. The number of alkyl halides is 3. The molecule has 0 saturated carbocycles. The second kappa shape index (κ2) is 7.27. The van der Waals surface area contributed by atoms with Gasteiger partial charge in [-0.05, 0) is 37.1 Å². The number of hydrogen-bond donors (Lipinski definition) is 1. The van der Waals surface area contributed by atoms with Crippen LogP contribution in [-0.2, 0) is 19.3 Å². The Hall–Kier alpha value is -2.34. The molecule has 1 N–H and O–H groups in total. The van der Waals surface area contributed by atoms with Crippen molar-refractivity contribution in [3.63, 3.8) is 0 Å². The number of hydrogen-bond acceptors (Lipinski definition) is 2. The van der Waals surface area contributed by atoms with Crippen LogP contribution in [0, 0.1) is 0 Å². The lowest BCUT2D eigenvalue weighted by Gasteiger charge is -2.15. The maximum atomic E-state index is 12.7. The van der Waals surface area contributed by atoms with Crippen LogP contribution in [0.5, 0.6) is 0 Å². The van der Waals surface area contributed by atoms with E-state index in [1.54, 1.807) is 12.3 Å². The molecule has 1 atom stereocenters. The Bertz CT molecular complexity index is 839. The predicted octanol–water partition coefficient (Wildman–Crippen LogP) is 4.62. The van der Waals surface area contributed by atoms with Crippen LogP contribution in [0.2, 0.25) is 0 Å². The summed E-state index contributed by atoms with van der Waals surface area (Å²) in [5, 5.41) is 4.44. The van der Waals surface area contributed by atoms with Crippen LogP contribution in [0.25, 0.3) is 10.9 Å². The van der Waals surface area contributed by atoms with Crippen LogP contribution in [0.1, 0.15) is 24.5 Å². The molecule has 0 aliphatic rings. The third kappa shape index (κ3) is 4.39. The summed E-state index contributed by atoms with van der Waals surface area (Å²) in [6, 6.07) is 9.66. The van der Waals surface area contributed by atoms with Crippen LogP contribution in [0.4, 0.5) is 13.2 Å². The van der Waals surface area contributed by atoms with Gasteiger partial charge in [0.15, 0.2) is 0 Å². The summed E-state index contributed by atoms with van der Waals surface area (Å²) in [5.74, 6) is 0. The molecule has 1 unspecified atom stereocenters. The van der Waals surface area contributed by atoms with Gasteiger partial charge in [0.2, 0.25) is 0 Å². The Morgan fingerprint density at radius 2 is 2.04 bits per heavy atom. The Kier molecular flexibility index (Phi) is 5.08. The van der Waals surface area contributed by atoms with Crippen LogP contribution < -0.4 is 5.32 Å². The van der Waals surface area contributed by atoms with Gasteiger partial charge in [-0.2, -0.15) is 13.2 Å². The molecule has 0 aliphatic carbocycles. The number of benzene rings is 1. The first-order chi connectivity index (χ1) is 11.9. The van der Waals surface area contributed by atoms with Gasteiger partial charge in [-0.3, -0.25) is 4.98 Å². The maximum absolute atomic E-state index is 12.7. The normalized spacial score (nSPS) is 13.3. The predicted molar refractivity (Wildman–Crippen MR) is 92.1 cm³/mol. The van der Waals surface area contributed by atoms with Crippen LogP contribution >= 0.6 is 0 Å². The zero-order valence-corrected chi connectivity index (χ0v) is 13.9. The van der Waals surface area contributed by atoms with Crippen molar-refractivity contribution in [2.45, 2.75) is 38.7 Å². The molecule has 0 amide bonds. The number of nitrogens with zero attached hydrogens (tertiary/aromatic N) is 2. The Labute approximate surface area is 144 Å². The number of pyridine rings is 1. The standard InChI is InChI=1S/C19H20F3N3/c1-14(6-9-25-10-7-16-5-8-23-13-18(16)25)24-12-15-3-2-4-17(11-15)19(20,21)22/h2-5,7-8,10-11,13-14,24H,6,9,12H2,1H3. The number of aryl methyl sites for hydroxylation is 1. The summed E-state index contributed by atoms with van der Waals surface area (Å²) < 4.78 is 40.4. The summed E-state index contributed by atoms with van der Waals surface area (Å²) >= 11 is 0. The maximum Gasteiger partial charge on any atom is 0.416 e. The highest BCUT2D eigenvalue weighted by Crippen LogP contribution is 2.29. The first-order valence-electron chi connectivity index (χ1n) is 8.22. The number of fused-ring (bicyclic) bond motifs is 1. The highest BCUT2D eigenvalue weighted by Gasteiger charge is 2.30. The highest BCUT2D eigenvalue weighted by atomic mass is 19.4. The van der Waals surface area contributed by atoms with Gasteiger partial charge in [0.1, 0.15) is 0 Å². The van der Waals surface area contributed by atoms with Crippen molar-refractivity contribution in [1.82, 2.24) is 14.9 Å². The minimum Gasteiger partial charge on any atom is -0.346 e. The van der Waals surface area contributed by atoms with Gasteiger partial charge in [-0.1, -0.05) is 18.2 Å². The summed E-state index contributed by atoms with van der Waals surface area (Å²) in [6.45, 7) is 3.28. The molecule has 3 nitrogen and oxygen atoms in total. The lowest BCUT2D eigenvalue weighted by atomic mass is 10.1. The topological polar surface area (TPSA) is 29.9 Å². The molecule has 0 fully saturated rings. The molecule has 3 rings (SSSR count). The van der Waals surface area contributed by atoms with E-state index in [0.29, 0.717) is 12.1 Å². The molecule has 0 radical (unpaired) electrons. The second-order valence-corrected chi connectivity index (χ2v) is 6.21. The Morgan fingerprint density at radius 1 is 1.20 bits per heavy atom. The summed E-state index contributed by atoms with van der Waals surface area (Å²) in [7, 11) is 0. The first-order valence-corrected chi connectivity index (χ1v) is 8.22. The fourth-order valence-electron chi connectivity index (χ4n) is 2.81. The molecular weight excluding hydrogens is 327 g/mol. The smallest absolute Gasteiger partial charge is 0.346 e. The SMILES string of the molecule is CC(CCn1ccc2ccncc21)NCc1cccc(C(F)(F)F)c1. The molecule has 2 heterocycles. The van der Waals surface area contributed by atoms with Crippen molar-refractivity contribution < 1.29 is 13.2 Å². The van der Waals surface area contributed by atoms with Crippen molar-refractivity contribution in [3.8, 4) is 0 Å². The monoisotopic (exact) mass is 347 g/mol. The largest absolute Gasteiger partial charge is 0.416 e. The average molecular weight is 347 g/mol. The fourth-order valence-corrected chi connectivity index (χ4v) is 2.81. The van der Waals surface area contributed by atoms with Gasteiger partial charge in [0, 0.05) is 36.9 Å².